The van der Waals surface area contributed by atoms with Gasteiger partial charge in [0.15, 0.2) is 23.0 Å². The zero-order chi connectivity index (χ0) is 23.5. The molecule has 0 bridgehead atoms. The molecule has 0 saturated carbocycles. The van der Waals surface area contributed by atoms with Crippen LogP contribution in [0.25, 0.3) is 16.9 Å². The Bertz CT molecular complexity index is 1340. The molecule has 0 spiro atoms. The first-order valence-corrected chi connectivity index (χ1v) is 9.82. The van der Waals surface area contributed by atoms with Crippen molar-refractivity contribution in [2.75, 3.05) is 12.0 Å². The number of fused-ring (bicyclic) bond motifs is 1. The number of nitrogens with one attached hydrogen (secondary N) is 2. The number of anilines is 1. The van der Waals surface area contributed by atoms with Crippen LogP contribution in [-0.2, 0) is 4.94 Å². The molecule has 0 aliphatic rings. The van der Waals surface area contributed by atoms with E-state index in [1.54, 1.807) is 25.1 Å². The number of rotatable bonds is 8. The molecule has 0 unspecified atom stereocenters. The molecule has 4 aromatic rings. The topological polar surface area (TPSA) is 129 Å². The van der Waals surface area contributed by atoms with Gasteiger partial charge in [0.2, 0.25) is 0 Å². The summed E-state index contributed by atoms with van der Waals surface area (Å²) in [5.41, 5.74) is 12.3. The highest BCUT2D eigenvalue weighted by atomic mass is 19.1. The van der Waals surface area contributed by atoms with E-state index in [4.69, 9.17) is 15.4 Å². The molecule has 2 aromatic heterocycles. The lowest BCUT2D eigenvalue weighted by Gasteiger charge is -2.15. The standard InChI is InChI=1S/C21H19F2N7O3/c1-3-25-33-29-13-5-7-18(32-19-6-4-12(22)8-16(19)23)14(9-13)17-10-15(20(24)31)21-27-26-11(2)30(21)28-17/h4-10,25,29H,3H2,1-2H3,(H2,24,31). The average molecular weight is 455 g/mol. The fraction of sp³-hybridized carbons (Fsp3) is 0.143. The SMILES string of the molecule is CCNONc1ccc(Oc2ccc(F)cc2F)c(-c2cc(C(N)=O)c3nnc(C)n3n2)c1. The van der Waals surface area contributed by atoms with Crippen molar-refractivity contribution in [3.8, 4) is 22.8 Å². The second-order valence-corrected chi connectivity index (χ2v) is 6.88. The van der Waals surface area contributed by atoms with Gasteiger partial charge in [0.25, 0.3) is 5.91 Å². The number of carbonyl (C=O) groups is 1. The van der Waals surface area contributed by atoms with E-state index < -0.39 is 17.5 Å². The van der Waals surface area contributed by atoms with Crippen molar-refractivity contribution in [2.24, 2.45) is 5.73 Å². The molecule has 0 aliphatic carbocycles. The van der Waals surface area contributed by atoms with Crippen molar-refractivity contribution in [3.05, 3.63) is 65.5 Å². The van der Waals surface area contributed by atoms with Crippen LogP contribution in [0, 0.1) is 18.6 Å². The fourth-order valence-corrected chi connectivity index (χ4v) is 3.02. The molecule has 0 radical (unpaired) electrons. The summed E-state index contributed by atoms with van der Waals surface area (Å²) in [7, 11) is 0. The van der Waals surface area contributed by atoms with Gasteiger partial charge in [0, 0.05) is 18.2 Å². The first-order chi connectivity index (χ1) is 15.9. The molecule has 10 nitrogen and oxygen atoms in total. The Hall–Kier alpha value is -4.16. The van der Waals surface area contributed by atoms with Crippen molar-refractivity contribution in [1.82, 2.24) is 25.3 Å². The number of primary amides is 1. The normalized spacial score (nSPS) is 11.0. The van der Waals surface area contributed by atoms with Gasteiger partial charge < -0.3 is 10.5 Å². The number of hydrogen-bond donors (Lipinski definition) is 3. The minimum Gasteiger partial charge on any atom is -0.454 e. The van der Waals surface area contributed by atoms with Crippen LogP contribution in [0.3, 0.4) is 0 Å². The van der Waals surface area contributed by atoms with E-state index in [2.05, 4.69) is 26.3 Å². The molecule has 12 heteroatoms. The Morgan fingerprint density at radius 2 is 1.91 bits per heavy atom. The summed E-state index contributed by atoms with van der Waals surface area (Å²) >= 11 is 0. The molecule has 2 heterocycles. The number of nitrogens with zero attached hydrogens (tertiary/aromatic N) is 4. The van der Waals surface area contributed by atoms with Gasteiger partial charge in [-0.1, -0.05) is 6.92 Å². The molecule has 170 valence electrons. The maximum atomic E-state index is 14.2. The van der Waals surface area contributed by atoms with E-state index in [9.17, 15) is 13.6 Å². The van der Waals surface area contributed by atoms with E-state index in [0.717, 1.165) is 6.07 Å². The van der Waals surface area contributed by atoms with Gasteiger partial charge in [-0.25, -0.2) is 14.3 Å². The largest absolute Gasteiger partial charge is 0.454 e. The number of nitrogens with two attached hydrogens (primary N) is 1. The minimum absolute atomic E-state index is 0.0850. The maximum Gasteiger partial charge on any atom is 0.252 e. The Labute approximate surface area is 186 Å². The molecule has 2 aromatic carbocycles. The van der Waals surface area contributed by atoms with Gasteiger partial charge in [0.05, 0.1) is 16.9 Å². The quantitative estimate of drug-likeness (QED) is 0.273. The van der Waals surface area contributed by atoms with E-state index >= 15 is 0 Å². The van der Waals surface area contributed by atoms with Gasteiger partial charge in [0.1, 0.15) is 11.6 Å². The fourth-order valence-electron chi connectivity index (χ4n) is 3.02. The van der Waals surface area contributed by atoms with Gasteiger partial charge in [-0.2, -0.15) is 20.0 Å². The number of aromatic nitrogens is 4. The number of aryl methyl sites for hydroxylation is 1. The number of carbonyl (C=O) groups excluding carboxylic acids is 1. The number of amides is 1. The minimum atomic E-state index is -0.880. The van der Waals surface area contributed by atoms with Crippen molar-refractivity contribution in [2.45, 2.75) is 13.8 Å². The summed E-state index contributed by atoms with van der Waals surface area (Å²) in [4.78, 5) is 17.2. The lowest BCUT2D eigenvalue weighted by atomic mass is 10.1. The zero-order valence-corrected chi connectivity index (χ0v) is 17.6. The highest BCUT2D eigenvalue weighted by molar-refractivity contribution is 5.99. The molecule has 0 aliphatic heterocycles. The molecule has 0 atom stereocenters. The van der Waals surface area contributed by atoms with Crippen LogP contribution in [0.1, 0.15) is 23.1 Å². The third-order valence-electron chi connectivity index (χ3n) is 4.55. The van der Waals surface area contributed by atoms with Crippen LogP contribution in [0.2, 0.25) is 0 Å². The van der Waals surface area contributed by atoms with Crippen LogP contribution in [-0.4, -0.2) is 32.3 Å². The van der Waals surface area contributed by atoms with Crippen molar-refractivity contribution < 1.29 is 23.3 Å². The number of hydroxylamine groups is 1. The average Bonchev–Trinajstić information content (AvgIpc) is 3.16. The lowest BCUT2D eigenvalue weighted by molar-refractivity contribution is 0.0930. The maximum absolute atomic E-state index is 14.2. The van der Waals surface area contributed by atoms with Crippen molar-refractivity contribution in [3.63, 3.8) is 0 Å². The van der Waals surface area contributed by atoms with Crippen LogP contribution in [0.4, 0.5) is 14.5 Å². The van der Waals surface area contributed by atoms with Crippen LogP contribution >= 0.6 is 0 Å². The zero-order valence-electron chi connectivity index (χ0n) is 17.6. The van der Waals surface area contributed by atoms with Crippen molar-refractivity contribution in [1.29, 1.82) is 0 Å². The predicted molar refractivity (Wildman–Crippen MR) is 114 cm³/mol. The summed E-state index contributed by atoms with van der Waals surface area (Å²) in [5.74, 6) is -1.93. The summed E-state index contributed by atoms with van der Waals surface area (Å²) in [6.07, 6.45) is 0. The van der Waals surface area contributed by atoms with Crippen LogP contribution < -0.4 is 21.4 Å². The molecule has 4 rings (SSSR count). The Morgan fingerprint density at radius 3 is 2.64 bits per heavy atom. The second-order valence-electron chi connectivity index (χ2n) is 6.88. The monoisotopic (exact) mass is 455 g/mol. The predicted octanol–water partition coefficient (Wildman–Crippen LogP) is 3.14. The van der Waals surface area contributed by atoms with E-state index in [1.165, 1.54) is 16.6 Å². The third kappa shape index (κ3) is 4.56. The molecular weight excluding hydrogens is 436 g/mol. The molecule has 0 fully saturated rings. The first kappa shape index (κ1) is 22.0. The van der Waals surface area contributed by atoms with E-state index in [1.807, 2.05) is 6.92 Å². The van der Waals surface area contributed by atoms with Gasteiger partial charge in [-0.05, 0) is 43.3 Å². The molecule has 33 heavy (non-hydrogen) atoms. The summed E-state index contributed by atoms with van der Waals surface area (Å²) < 4.78 is 34.7. The smallest absolute Gasteiger partial charge is 0.252 e. The lowest BCUT2D eigenvalue weighted by Crippen LogP contribution is -2.18. The highest BCUT2D eigenvalue weighted by Gasteiger charge is 2.19. The van der Waals surface area contributed by atoms with E-state index in [-0.39, 0.29) is 28.4 Å². The highest BCUT2D eigenvalue weighted by Crippen LogP contribution is 2.36. The van der Waals surface area contributed by atoms with Gasteiger partial charge in [-0.15, -0.1) is 10.2 Å². The van der Waals surface area contributed by atoms with Crippen LogP contribution in [0.15, 0.2) is 42.5 Å². The second kappa shape index (κ2) is 9.14. The summed E-state index contributed by atoms with van der Waals surface area (Å²) in [6.45, 7) is 4.07. The number of ether oxygens (including phenoxy) is 1. The molecule has 0 saturated heterocycles. The number of halogens is 2. The van der Waals surface area contributed by atoms with Crippen LogP contribution in [0.5, 0.6) is 11.5 Å². The third-order valence-corrected chi connectivity index (χ3v) is 4.55. The summed E-state index contributed by atoms with van der Waals surface area (Å²) in [5, 5.41) is 12.4. The van der Waals surface area contributed by atoms with Crippen molar-refractivity contribution >= 4 is 17.2 Å². The first-order valence-electron chi connectivity index (χ1n) is 9.82. The summed E-state index contributed by atoms with van der Waals surface area (Å²) in [6, 6.07) is 9.18. The molecular formula is C21H19F2N7O3. The molecule has 1 amide bonds. The Kier molecular flexibility index (Phi) is 6.11. The van der Waals surface area contributed by atoms with Gasteiger partial charge in [-0.3, -0.25) is 4.79 Å². The van der Waals surface area contributed by atoms with E-state index in [0.29, 0.717) is 29.7 Å². The Morgan fingerprint density at radius 1 is 1.12 bits per heavy atom. The number of benzene rings is 2. The molecule has 4 N–H and O–H groups in total. The number of hydrogen-bond acceptors (Lipinski definition) is 8. The Balaban J connectivity index is 1.86. The van der Waals surface area contributed by atoms with Gasteiger partial charge >= 0.3 is 0 Å².